The van der Waals surface area contributed by atoms with Crippen molar-refractivity contribution in [1.82, 2.24) is 14.5 Å². The number of fused-ring (bicyclic) bond motifs is 1. The van der Waals surface area contributed by atoms with Crippen molar-refractivity contribution in [1.29, 1.82) is 0 Å². The number of carbonyl (C=O) groups is 2. The summed E-state index contributed by atoms with van der Waals surface area (Å²) in [5.41, 5.74) is 8.38. The summed E-state index contributed by atoms with van der Waals surface area (Å²) >= 11 is 0. The Morgan fingerprint density at radius 3 is 2.73 bits per heavy atom. The van der Waals surface area contributed by atoms with Gasteiger partial charge < -0.3 is 20.5 Å². The Labute approximate surface area is 175 Å². The molecule has 0 spiro atoms. The number of hydrogen-bond acceptors (Lipinski definition) is 3. The van der Waals surface area contributed by atoms with Crippen molar-refractivity contribution in [2.45, 2.75) is 38.6 Å². The number of amides is 3. The van der Waals surface area contributed by atoms with Crippen LogP contribution in [-0.4, -0.2) is 39.5 Å². The summed E-state index contributed by atoms with van der Waals surface area (Å²) in [6, 6.07) is 14.7. The number of anilines is 1. The quantitative estimate of drug-likeness (QED) is 0.683. The predicted octanol–water partition coefficient (Wildman–Crippen LogP) is 4.13. The molecule has 1 atom stereocenters. The number of imidazole rings is 1. The summed E-state index contributed by atoms with van der Waals surface area (Å²) in [7, 11) is 0. The molecule has 0 unspecified atom stereocenters. The number of piperidine rings is 1. The van der Waals surface area contributed by atoms with Crippen molar-refractivity contribution in [3.05, 3.63) is 59.9 Å². The predicted molar refractivity (Wildman–Crippen MR) is 118 cm³/mol. The number of hydrogen-bond donors (Lipinski definition) is 2. The Bertz CT molecular complexity index is 1090. The minimum Gasteiger partial charge on any atom is -0.351 e. The van der Waals surface area contributed by atoms with Gasteiger partial charge in [-0.3, -0.25) is 4.79 Å². The third kappa shape index (κ3) is 3.87. The van der Waals surface area contributed by atoms with E-state index in [-0.39, 0.29) is 17.9 Å². The van der Waals surface area contributed by atoms with Crippen LogP contribution in [0.2, 0.25) is 0 Å². The smallest absolute Gasteiger partial charge is 0.316 e. The molecule has 1 aromatic heterocycles. The van der Waals surface area contributed by atoms with Gasteiger partial charge in [0.05, 0.1) is 11.0 Å². The van der Waals surface area contributed by atoms with Crippen LogP contribution in [0.1, 0.15) is 54.8 Å². The summed E-state index contributed by atoms with van der Waals surface area (Å²) in [5.74, 6) is 1.19. The van der Waals surface area contributed by atoms with Crippen molar-refractivity contribution < 1.29 is 9.59 Å². The molecule has 30 heavy (non-hydrogen) atoms. The van der Waals surface area contributed by atoms with Crippen LogP contribution >= 0.6 is 0 Å². The fourth-order valence-corrected chi connectivity index (χ4v) is 4.32. The molecule has 7 nitrogen and oxygen atoms in total. The maximum absolute atomic E-state index is 13.2. The molecule has 0 aliphatic carbocycles. The van der Waals surface area contributed by atoms with Crippen LogP contribution < -0.4 is 11.1 Å². The van der Waals surface area contributed by atoms with Crippen molar-refractivity contribution in [2.75, 3.05) is 18.4 Å². The van der Waals surface area contributed by atoms with E-state index < -0.39 is 6.03 Å². The van der Waals surface area contributed by atoms with E-state index in [2.05, 4.69) is 29.8 Å². The number of para-hydroxylation sites is 2. The molecule has 1 aliphatic rings. The average Bonchev–Trinajstić information content (AvgIpc) is 3.13. The van der Waals surface area contributed by atoms with Crippen LogP contribution in [0.3, 0.4) is 0 Å². The third-order valence-corrected chi connectivity index (χ3v) is 5.59. The Kier molecular flexibility index (Phi) is 5.44. The van der Waals surface area contributed by atoms with E-state index in [1.54, 1.807) is 24.3 Å². The van der Waals surface area contributed by atoms with Gasteiger partial charge in [0.2, 0.25) is 0 Å². The number of rotatable bonds is 4. The van der Waals surface area contributed by atoms with Crippen molar-refractivity contribution in [2.24, 2.45) is 5.73 Å². The van der Waals surface area contributed by atoms with Crippen molar-refractivity contribution >= 4 is 28.7 Å². The van der Waals surface area contributed by atoms with Gasteiger partial charge >= 0.3 is 6.03 Å². The maximum atomic E-state index is 13.2. The van der Waals surface area contributed by atoms with Gasteiger partial charge in [-0.25, -0.2) is 9.78 Å². The van der Waals surface area contributed by atoms with Crippen LogP contribution in [0.25, 0.3) is 11.0 Å². The second kappa shape index (κ2) is 8.18. The summed E-state index contributed by atoms with van der Waals surface area (Å²) in [6.45, 7) is 5.67. The number of aromatic nitrogens is 2. The van der Waals surface area contributed by atoms with Crippen LogP contribution in [0, 0.1) is 0 Å². The Morgan fingerprint density at radius 1 is 1.17 bits per heavy atom. The lowest BCUT2D eigenvalue weighted by atomic mass is 9.96. The molecule has 156 valence electrons. The van der Waals surface area contributed by atoms with Gasteiger partial charge in [-0.05, 0) is 57.0 Å². The van der Waals surface area contributed by atoms with Crippen molar-refractivity contribution in [3.8, 4) is 0 Å². The monoisotopic (exact) mass is 405 g/mol. The topological polar surface area (TPSA) is 93.3 Å². The summed E-state index contributed by atoms with van der Waals surface area (Å²) in [5, 5.41) is 2.53. The van der Waals surface area contributed by atoms with Gasteiger partial charge in [0, 0.05) is 36.3 Å². The number of nitrogens with two attached hydrogens (primary N) is 1. The molecule has 3 N–H and O–H groups in total. The maximum Gasteiger partial charge on any atom is 0.316 e. The highest BCUT2D eigenvalue weighted by Gasteiger charge is 2.29. The molecule has 3 aromatic rings. The first-order valence-electron chi connectivity index (χ1n) is 10.4. The van der Waals surface area contributed by atoms with Gasteiger partial charge in [0.15, 0.2) is 0 Å². The summed E-state index contributed by atoms with van der Waals surface area (Å²) in [6.07, 6.45) is 1.93. The highest BCUT2D eigenvalue weighted by atomic mass is 16.2. The summed E-state index contributed by atoms with van der Waals surface area (Å²) in [4.78, 5) is 31.1. The molecule has 3 amide bonds. The highest BCUT2D eigenvalue weighted by Crippen LogP contribution is 2.32. The molecule has 1 aliphatic heterocycles. The molecule has 0 radical (unpaired) electrons. The van der Waals surface area contributed by atoms with Crippen LogP contribution in [0.15, 0.2) is 48.5 Å². The lowest BCUT2D eigenvalue weighted by molar-refractivity contribution is 0.0703. The second-order valence-electron chi connectivity index (χ2n) is 8.08. The molecular weight excluding hydrogens is 378 g/mol. The van der Waals surface area contributed by atoms with E-state index in [4.69, 9.17) is 10.7 Å². The lowest BCUT2D eigenvalue weighted by Gasteiger charge is -2.33. The Morgan fingerprint density at radius 2 is 1.97 bits per heavy atom. The fourth-order valence-electron chi connectivity index (χ4n) is 4.32. The zero-order chi connectivity index (χ0) is 21.3. The van der Waals surface area contributed by atoms with E-state index in [0.29, 0.717) is 24.3 Å². The largest absolute Gasteiger partial charge is 0.351 e. The standard InChI is InChI=1S/C23H27N5O2/c1-15(2)28-20-11-4-3-10-19(20)26-21(28)17-8-6-12-27(14-17)22(29)16-7-5-9-18(13-16)25-23(24)30/h3-5,7,9-11,13,15,17H,6,8,12,14H2,1-2H3,(H3,24,25,30)/t17-/m1/s1. The second-order valence-corrected chi connectivity index (χ2v) is 8.08. The molecule has 0 saturated carbocycles. The number of urea groups is 1. The van der Waals surface area contributed by atoms with E-state index in [1.165, 1.54) is 0 Å². The zero-order valence-corrected chi connectivity index (χ0v) is 17.3. The molecule has 2 heterocycles. The number of nitrogens with zero attached hydrogens (tertiary/aromatic N) is 3. The SMILES string of the molecule is CC(C)n1c([C@@H]2CCCN(C(=O)c3cccc(NC(N)=O)c3)C2)nc2ccccc21. The minimum absolute atomic E-state index is 0.0416. The fraction of sp³-hybridized carbons (Fsp3) is 0.348. The van der Waals surface area contributed by atoms with Crippen molar-refractivity contribution in [3.63, 3.8) is 0 Å². The summed E-state index contributed by atoms with van der Waals surface area (Å²) < 4.78 is 2.30. The van der Waals surface area contributed by atoms with E-state index in [0.717, 1.165) is 29.7 Å². The normalized spacial score (nSPS) is 16.8. The number of benzene rings is 2. The lowest BCUT2D eigenvalue weighted by Crippen LogP contribution is -2.39. The molecule has 0 bridgehead atoms. The molecular formula is C23H27N5O2. The highest BCUT2D eigenvalue weighted by molar-refractivity contribution is 5.96. The number of carbonyl (C=O) groups excluding carboxylic acids is 2. The number of primary amides is 1. The van der Waals surface area contributed by atoms with Crippen LogP contribution in [-0.2, 0) is 0 Å². The first-order valence-corrected chi connectivity index (χ1v) is 10.4. The number of likely N-dealkylation sites (tertiary alicyclic amines) is 1. The van der Waals surface area contributed by atoms with Crippen LogP contribution in [0.4, 0.5) is 10.5 Å². The Hall–Kier alpha value is -3.35. The van der Waals surface area contributed by atoms with Gasteiger partial charge in [0.1, 0.15) is 5.82 Å². The first kappa shape index (κ1) is 19.9. The van der Waals surface area contributed by atoms with Gasteiger partial charge in [-0.1, -0.05) is 18.2 Å². The Balaban J connectivity index is 1.60. The molecule has 4 rings (SSSR count). The first-order chi connectivity index (χ1) is 14.4. The minimum atomic E-state index is -0.648. The van der Waals surface area contributed by atoms with Gasteiger partial charge in [-0.15, -0.1) is 0 Å². The van der Waals surface area contributed by atoms with Gasteiger partial charge in [0.25, 0.3) is 5.91 Å². The third-order valence-electron chi connectivity index (χ3n) is 5.59. The van der Waals surface area contributed by atoms with E-state index in [1.807, 2.05) is 23.1 Å². The molecule has 7 heteroatoms. The van der Waals surface area contributed by atoms with Crippen LogP contribution in [0.5, 0.6) is 0 Å². The number of nitrogens with one attached hydrogen (secondary N) is 1. The molecule has 2 aromatic carbocycles. The average molecular weight is 406 g/mol. The van der Waals surface area contributed by atoms with Gasteiger partial charge in [-0.2, -0.15) is 0 Å². The zero-order valence-electron chi connectivity index (χ0n) is 17.3. The molecule has 1 fully saturated rings. The van der Waals surface area contributed by atoms with E-state index in [9.17, 15) is 9.59 Å². The molecule has 1 saturated heterocycles. The van der Waals surface area contributed by atoms with E-state index >= 15 is 0 Å².